The van der Waals surface area contributed by atoms with Crippen LogP contribution in [0, 0.1) is 12.3 Å². The Labute approximate surface area is 148 Å². The highest BCUT2D eigenvalue weighted by Crippen LogP contribution is 2.39. The second-order valence-electron chi connectivity index (χ2n) is 7.63. The number of amides is 2. The molecular formula is C18H27N5O2. The first kappa shape index (κ1) is 16.6. The van der Waals surface area contributed by atoms with Crippen LogP contribution in [0.2, 0.25) is 0 Å². The van der Waals surface area contributed by atoms with Gasteiger partial charge in [0.15, 0.2) is 0 Å². The highest BCUT2D eigenvalue weighted by molar-refractivity contribution is 5.75. The molecule has 1 spiro atoms. The van der Waals surface area contributed by atoms with Gasteiger partial charge in [-0.05, 0) is 38.2 Å². The standard InChI is InChI=1S/C18H27N5O2/c1-14-10-19-16(20-11-14)23-8-5-18(12-23)13-25-9-4-15(18)21-17(24)22-6-2-3-7-22/h10-11,15H,2-9,12-13H2,1H3,(H,21,24). The zero-order chi connectivity index (χ0) is 17.3. The van der Waals surface area contributed by atoms with Crippen LogP contribution in [0.4, 0.5) is 10.7 Å². The lowest BCUT2D eigenvalue weighted by Crippen LogP contribution is -2.57. The molecule has 7 nitrogen and oxygen atoms in total. The Balaban J connectivity index is 1.46. The van der Waals surface area contributed by atoms with Crippen LogP contribution in [0.5, 0.6) is 0 Å². The average molecular weight is 345 g/mol. The van der Waals surface area contributed by atoms with Crippen LogP contribution >= 0.6 is 0 Å². The summed E-state index contributed by atoms with van der Waals surface area (Å²) in [6, 6.07) is 0.249. The predicted molar refractivity (Wildman–Crippen MR) is 94.6 cm³/mol. The van der Waals surface area contributed by atoms with E-state index in [9.17, 15) is 4.79 Å². The van der Waals surface area contributed by atoms with E-state index in [-0.39, 0.29) is 17.5 Å². The van der Waals surface area contributed by atoms with E-state index in [1.54, 1.807) is 0 Å². The van der Waals surface area contributed by atoms with Gasteiger partial charge in [0.05, 0.1) is 6.61 Å². The van der Waals surface area contributed by atoms with E-state index < -0.39 is 0 Å². The molecule has 136 valence electrons. The first-order valence-electron chi connectivity index (χ1n) is 9.33. The van der Waals surface area contributed by atoms with Crippen LogP contribution in [0.1, 0.15) is 31.2 Å². The second-order valence-corrected chi connectivity index (χ2v) is 7.63. The van der Waals surface area contributed by atoms with Crippen molar-refractivity contribution in [3.05, 3.63) is 18.0 Å². The number of rotatable bonds is 2. The summed E-state index contributed by atoms with van der Waals surface area (Å²) in [5.41, 5.74) is 1.02. The first-order chi connectivity index (χ1) is 12.2. The second kappa shape index (κ2) is 6.78. The molecule has 3 aliphatic heterocycles. The molecule has 0 saturated carbocycles. The van der Waals surface area contributed by atoms with Gasteiger partial charge in [0.2, 0.25) is 5.95 Å². The molecule has 3 saturated heterocycles. The smallest absolute Gasteiger partial charge is 0.317 e. The molecule has 4 rings (SSSR count). The van der Waals surface area contributed by atoms with Crippen LogP contribution in [0.25, 0.3) is 0 Å². The number of nitrogens with zero attached hydrogens (tertiary/aromatic N) is 4. The quantitative estimate of drug-likeness (QED) is 0.881. The molecule has 0 aromatic carbocycles. The van der Waals surface area contributed by atoms with E-state index in [2.05, 4.69) is 20.2 Å². The molecule has 2 unspecified atom stereocenters. The number of carbonyl (C=O) groups is 1. The number of carbonyl (C=O) groups excluding carboxylic acids is 1. The van der Waals surface area contributed by atoms with Crippen LogP contribution in [0.15, 0.2) is 12.4 Å². The maximum Gasteiger partial charge on any atom is 0.317 e. The average Bonchev–Trinajstić information content (AvgIpc) is 3.29. The zero-order valence-electron chi connectivity index (χ0n) is 14.9. The fraction of sp³-hybridized carbons (Fsp3) is 0.722. The summed E-state index contributed by atoms with van der Waals surface area (Å²) >= 11 is 0. The third-order valence-corrected chi connectivity index (χ3v) is 5.81. The van der Waals surface area contributed by atoms with Crippen molar-refractivity contribution in [3.63, 3.8) is 0 Å². The number of ether oxygens (including phenoxy) is 1. The maximum absolute atomic E-state index is 12.6. The van der Waals surface area contributed by atoms with Gasteiger partial charge in [-0.15, -0.1) is 0 Å². The summed E-state index contributed by atoms with van der Waals surface area (Å²) in [7, 11) is 0. The third kappa shape index (κ3) is 3.29. The predicted octanol–water partition coefficient (Wildman–Crippen LogP) is 1.58. The minimum atomic E-state index is -0.0398. The summed E-state index contributed by atoms with van der Waals surface area (Å²) < 4.78 is 5.82. The van der Waals surface area contributed by atoms with Gasteiger partial charge in [-0.2, -0.15) is 0 Å². The Kier molecular flexibility index (Phi) is 4.50. The van der Waals surface area contributed by atoms with Gasteiger partial charge in [0.1, 0.15) is 0 Å². The number of hydrogen-bond acceptors (Lipinski definition) is 5. The van der Waals surface area contributed by atoms with Gasteiger partial charge >= 0.3 is 6.03 Å². The summed E-state index contributed by atoms with van der Waals surface area (Å²) in [4.78, 5) is 25.7. The molecule has 0 bridgehead atoms. The summed E-state index contributed by atoms with van der Waals surface area (Å²) in [6.07, 6.45) is 7.82. The molecule has 7 heteroatoms. The molecule has 1 N–H and O–H groups in total. The van der Waals surface area contributed by atoms with Crippen molar-refractivity contribution in [3.8, 4) is 0 Å². The van der Waals surface area contributed by atoms with Crippen molar-refractivity contribution in [2.24, 2.45) is 5.41 Å². The Morgan fingerprint density at radius 1 is 1.28 bits per heavy atom. The highest BCUT2D eigenvalue weighted by atomic mass is 16.5. The van der Waals surface area contributed by atoms with Crippen LogP contribution in [-0.2, 0) is 4.74 Å². The molecule has 3 aliphatic rings. The fourth-order valence-electron chi connectivity index (χ4n) is 4.29. The van der Waals surface area contributed by atoms with E-state index in [1.807, 2.05) is 24.2 Å². The first-order valence-corrected chi connectivity index (χ1v) is 9.33. The van der Waals surface area contributed by atoms with Gasteiger partial charge < -0.3 is 19.9 Å². The normalized spacial score (nSPS) is 29.4. The van der Waals surface area contributed by atoms with E-state index >= 15 is 0 Å². The number of aryl methyl sites for hydroxylation is 1. The molecule has 2 atom stereocenters. The summed E-state index contributed by atoms with van der Waals surface area (Å²) in [6.45, 7) is 6.91. The lowest BCUT2D eigenvalue weighted by atomic mass is 9.77. The molecule has 3 fully saturated rings. The monoisotopic (exact) mass is 345 g/mol. The van der Waals surface area contributed by atoms with Crippen LogP contribution in [0.3, 0.4) is 0 Å². The number of anilines is 1. The Morgan fingerprint density at radius 2 is 2.04 bits per heavy atom. The minimum Gasteiger partial charge on any atom is -0.381 e. The van der Waals surface area contributed by atoms with Crippen molar-refractivity contribution >= 4 is 12.0 Å². The van der Waals surface area contributed by atoms with Crippen LogP contribution < -0.4 is 10.2 Å². The number of nitrogens with one attached hydrogen (secondary N) is 1. The van der Waals surface area contributed by atoms with Crippen molar-refractivity contribution < 1.29 is 9.53 Å². The molecule has 25 heavy (non-hydrogen) atoms. The fourth-order valence-corrected chi connectivity index (χ4v) is 4.29. The van der Waals surface area contributed by atoms with Crippen molar-refractivity contribution in [2.45, 2.75) is 38.6 Å². The molecule has 2 amide bonds. The van der Waals surface area contributed by atoms with E-state index in [4.69, 9.17) is 4.74 Å². The molecule has 1 aromatic heterocycles. The Bertz CT molecular complexity index is 616. The highest BCUT2D eigenvalue weighted by Gasteiger charge is 2.48. The molecular weight excluding hydrogens is 318 g/mol. The summed E-state index contributed by atoms with van der Waals surface area (Å²) in [5.74, 6) is 0.776. The van der Waals surface area contributed by atoms with Gasteiger partial charge in [-0.3, -0.25) is 0 Å². The van der Waals surface area contributed by atoms with E-state index in [0.717, 1.165) is 63.4 Å². The number of aromatic nitrogens is 2. The van der Waals surface area contributed by atoms with Gasteiger partial charge in [-0.1, -0.05) is 0 Å². The molecule has 0 radical (unpaired) electrons. The molecule has 4 heterocycles. The molecule has 0 aliphatic carbocycles. The Morgan fingerprint density at radius 3 is 2.80 bits per heavy atom. The van der Waals surface area contributed by atoms with E-state index in [0.29, 0.717) is 13.2 Å². The lowest BCUT2D eigenvalue weighted by Gasteiger charge is -2.41. The zero-order valence-corrected chi connectivity index (χ0v) is 14.9. The van der Waals surface area contributed by atoms with Gasteiger partial charge in [0, 0.05) is 56.6 Å². The minimum absolute atomic E-state index is 0.0398. The number of hydrogen-bond donors (Lipinski definition) is 1. The van der Waals surface area contributed by atoms with Crippen molar-refractivity contribution in [2.75, 3.05) is 44.3 Å². The Hall–Kier alpha value is -1.89. The van der Waals surface area contributed by atoms with Gasteiger partial charge in [0.25, 0.3) is 0 Å². The maximum atomic E-state index is 12.6. The summed E-state index contributed by atoms with van der Waals surface area (Å²) in [5, 5.41) is 3.31. The third-order valence-electron chi connectivity index (χ3n) is 5.81. The molecule has 1 aromatic rings. The lowest BCUT2D eigenvalue weighted by molar-refractivity contribution is -0.0190. The van der Waals surface area contributed by atoms with Crippen LogP contribution in [-0.4, -0.2) is 66.3 Å². The number of urea groups is 1. The van der Waals surface area contributed by atoms with Gasteiger partial charge in [-0.25, -0.2) is 14.8 Å². The topological polar surface area (TPSA) is 70.6 Å². The number of likely N-dealkylation sites (tertiary alicyclic amines) is 1. The largest absolute Gasteiger partial charge is 0.381 e. The van der Waals surface area contributed by atoms with Crippen molar-refractivity contribution in [1.29, 1.82) is 0 Å². The van der Waals surface area contributed by atoms with E-state index in [1.165, 1.54) is 0 Å². The SMILES string of the molecule is Cc1cnc(N2CCC3(COCCC3NC(=O)N3CCCC3)C2)nc1. The van der Waals surface area contributed by atoms with Crippen molar-refractivity contribution in [1.82, 2.24) is 20.2 Å².